The molecular formula is C12H15F2NS. The largest absolute Gasteiger partial charge is 0.312 e. The van der Waals surface area contributed by atoms with Crippen molar-refractivity contribution in [3.63, 3.8) is 0 Å². The van der Waals surface area contributed by atoms with Crippen LogP contribution in [0.25, 0.3) is 0 Å². The summed E-state index contributed by atoms with van der Waals surface area (Å²) >= 11 is 1.32. The molecule has 0 bridgehead atoms. The zero-order chi connectivity index (χ0) is 12.0. The van der Waals surface area contributed by atoms with Crippen molar-refractivity contribution >= 4 is 11.8 Å². The lowest BCUT2D eigenvalue weighted by Gasteiger charge is -2.12. The Labute approximate surface area is 98.9 Å². The smallest absolute Gasteiger partial charge is 0.136 e. The van der Waals surface area contributed by atoms with E-state index in [1.54, 1.807) is 6.08 Å². The van der Waals surface area contributed by atoms with Gasteiger partial charge in [0.1, 0.15) is 11.6 Å². The van der Waals surface area contributed by atoms with Crippen molar-refractivity contribution in [1.82, 2.24) is 5.32 Å². The first-order chi connectivity index (χ1) is 7.63. The van der Waals surface area contributed by atoms with E-state index >= 15 is 0 Å². The van der Waals surface area contributed by atoms with Crippen LogP contribution in [-0.2, 0) is 0 Å². The van der Waals surface area contributed by atoms with Crippen LogP contribution in [0.5, 0.6) is 0 Å². The lowest BCUT2D eigenvalue weighted by Crippen LogP contribution is -2.22. The highest BCUT2D eigenvalue weighted by atomic mass is 32.2. The van der Waals surface area contributed by atoms with Gasteiger partial charge in [0.05, 0.1) is 0 Å². The van der Waals surface area contributed by atoms with Crippen molar-refractivity contribution in [3.05, 3.63) is 42.5 Å². The summed E-state index contributed by atoms with van der Waals surface area (Å²) in [6.07, 6.45) is 1.76. The van der Waals surface area contributed by atoms with Gasteiger partial charge in [-0.05, 0) is 18.2 Å². The maximum absolute atomic E-state index is 13.3. The van der Waals surface area contributed by atoms with Crippen LogP contribution in [0.2, 0.25) is 0 Å². The van der Waals surface area contributed by atoms with E-state index in [1.807, 2.05) is 6.92 Å². The third-order valence-electron chi connectivity index (χ3n) is 1.94. The number of benzene rings is 1. The highest BCUT2D eigenvalue weighted by Gasteiger charge is 2.09. The van der Waals surface area contributed by atoms with Crippen LogP contribution in [0.15, 0.2) is 35.7 Å². The van der Waals surface area contributed by atoms with Crippen molar-refractivity contribution in [1.29, 1.82) is 0 Å². The minimum Gasteiger partial charge on any atom is -0.312 e. The van der Waals surface area contributed by atoms with Gasteiger partial charge in [-0.15, -0.1) is 18.3 Å². The summed E-state index contributed by atoms with van der Waals surface area (Å²) < 4.78 is 26.2. The van der Waals surface area contributed by atoms with Crippen LogP contribution in [0.3, 0.4) is 0 Å². The molecule has 1 rings (SSSR count). The van der Waals surface area contributed by atoms with Gasteiger partial charge in [0, 0.05) is 23.2 Å². The number of hydrogen-bond acceptors (Lipinski definition) is 2. The minimum absolute atomic E-state index is 0.177. The van der Waals surface area contributed by atoms with E-state index < -0.39 is 5.82 Å². The maximum Gasteiger partial charge on any atom is 0.136 e. The zero-order valence-corrected chi connectivity index (χ0v) is 9.99. The molecule has 0 saturated carbocycles. The maximum atomic E-state index is 13.3. The summed E-state index contributed by atoms with van der Waals surface area (Å²) in [6.45, 7) is 7.00. The van der Waals surface area contributed by atoms with Crippen LogP contribution < -0.4 is 5.32 Å². The first-order valence-electron chi connectivity index (χ1n) is 5.07. The fourth-order valence-corrected chi connectivity index (χ4v) is 2.21. The number of halogens is 2. The van der Waals surface area contributed by atoms with Gasteiger partial charge in [-0.3, -0.25) is 0 Å². The van der Waals surface area contributed by atoms with E-state index in [-0.39, 0.29) is 11.1 Å². The summed E-state index contributed by atoms with van der Waals surface area (Å²) in [4.78, 5) is 0.355. The van der Waals surface area contributed by atoms with Gasteiger partial charge in [0.15, 0.2) is 0 Å². The number of rotatable bonds is 6. The number of nitrogens with one attached hydrogen (secondary N) is 1. The molecule has 0 fully saturated rings. The molecular weight excluding hydrogens is 228 g/mol. The molecule has 88 valence electrons. The average molecular weight is 243 g/mol. The highest BCUT2D eigenvalue weighted by molar-refractivity contribution is 8.00. The third kappa shape index (κ3) is 4.33. The highest BCUT2D eigenvalue weighted by Crippen LogP contribution is 2.26. The Morgan fingerprint density at radius 3 is 2.94 bits per heavy atom. The molecule has 4 heteroatoms. The van der Waals surface area contributed by atoms with Crippen molar-refractivity contribution in [2.24, 2.45) is 0 Å². The molecule has 1 aromatic carbocycles. The standard InChI is InChI=1S/C12H15F2NS/c1-3-6-15-8-9(2)16-12-7-10(13)4-5-11(12)14/h3-5,7,9,15H,1,6,8H2,2H3. The van der Waals surface area contributed by atoms with E-state index in [0.29, 0.717) is 4.90 Å². The van der Waals surface area contributed by atoms with Crippen LogP contribution in [0, 0.1) is 11.6 Å². The normalized spacial score (nSPS) is 12.4. The molecule has 1 aromatic rings. The fraction of sp³-hybridized carbons (Fsp3) is 0.333. The molecule has 0 amide bonds. The predicted molar refractivity (Wildman–Crippen MR) is 64.7 cm³/mol. The molecule has 16 heavy (non-hydrogen) atoms. The molecule has 0 heterocycles. The molecule has 0 aliphatic heterocycles. The van der Waals surface area contributed by atoms with Crippen LogP contribution >= 0.6 is 11.8 Å². The Morgan fingerprint density at radius 1 is 1.50 bits per heavy atom. The average Bonchev–Trinajstić information content (AvgIpc) is 2.24. The summed E-state index contributed by atoms with van der Waals surface area (Å²) in [7, 11) is 0. The molecule has 0 aliphatic carbocycles. The first-order valence-corrected chi connectivity index (χ1v) is 5.94. The Bertz CT molecular complexity index is 355. The van der Waals surface area contributed by atoms with Crippen molar-refractivity contribution in [3.8, 4) is 0 Å². The lowest BCUT2D eigenvalue weighted by atomic mass is 10.3. The SMILES string of the molecule is C=CCNCC(C)Sc1cc(F)ccc1F. The van der Waals surface area contributed by atoms with Crippen LogP contribution in [0.4, 0.5) is 8.78 Å². The molecule has 1 nitrogen and oxygen atoms in total. The molecule has 0 aromatic heterocycles. The molecule has 0 aliphatic rings. The zero-order valence-electron chi connectivity index (χ0n) is 9.17. The van der Waals surface area contributed by atoms with Gasteiger partial charge in [-0.25, -0.2) is 8.78 Å². The molecule has 1 N–H and O–H groups in total. The third-order valence-corrected chi connectivity index (χ3v) is 3.08. The second kappa shape index (κ2) is 6.66. The fourth-order valence-electron chi connectivity index (χ4n) is 1.21. The lowest BCUT2D eigenvalue weighted by molar-refractivity contribution is 0.576. The molecule has 0 spiro atoms. The summed E-state index contributed by atoms with van der Waals surface area (Å²) in [5, 5.41) is 3.31. The Balaban J connectivity index is 2.51. The topological polar surface area (TPSA) is 12.0 Å². The van der Waals surface area contributed by atoms with E-state index in [9.17, 15) is 8.78 Å². The molecule has 0 saturated heterocycles. The Kier molecular flexibility index (Phi) is 5.49. The summed E-state index contributed by atoms with van der Waals surface area (Å²) in [6, 6.07) is 3.51. The second-order valence-electron chi connectivity index (χ2n) is 3.45. The number of thioether (sulfide) groups is 1. The first kappa shape index (κ1) is 13.2. The van der Waals surface area contributed by atoms with Gasteiger partial charge >= 0.3 is 0 Å². The molecule has 0 radical (unpaired) electrons. The monoisotopic (exact) mass is 243 g/mol. The van der Waals surface area contributed by atoms with Gasteiger partial charge in [0.2, 0.25) is 0 Å². The molecule has 1 atom stereocenters. The van der Waals surface area contributed by atoms with E-state index in [1.165, 1.54) is 17.8 Å². The number of hydrogen-bond donors (Lipinski definition) is 1. The van der Waals surface area contributed by atoms with Crippen molar-refractivity contribution in [2.75, 3.05) is 13.1 Å². The molecule has 1 unspecified atom stereocenters. The van der Waals surface area contributed by atoms with E-state index in [2.05, 4.69) is 11.9 Å². The van der Waals surface area contributed by atoms with Gasteiger partial charge in [-0.2, -0.15) is 0 Å². The predicted octanol–water partition coefficient (Wildman–Crippen LogP) is 3.22. The Morgan fingerprint density at radius 2 is 2.25 bits per heavy atom. The van der Waals surface area contributed by atoms with Gasteiger partial charge in [-0.1, -0.05) is 13.0 Å². The minimum atomic E-state index is -0.407. The van der Waals surface area contributed by atoms with Crippen LogP contribution in [0.1, 0.15) is 6.92 Å². The Hall–Kier alpha value is -0.870. The quantitative estimate of drug-likeness (QED) is 0.468. The summed E-state index contributed by atoms with van der Waals surface area (Å²) in [5.41, 5.74) is 0. The summed E-state index contributed by atoms with van der Waals surface area (Å²) in [5.74, 6) is -0.780. The van der Waals surface area contributed by atoms with Gasteiger partial charge in [0.25, 0.3) is 0 Å². The van der Waals surface area contributed by atoms with Gasteiger partial charge < -0.3 is 5.32 Å². The van der Waals surface area contributed by atoms with Crippen molar-refractivity contribution < 1.29 is 8.78 Å². The van der Waals surface area contributed by atoms with E-state index in [0.717, 1.165) is 25.2 Å². The second-order valence-corrected chi connectivity index (χ2v) is 4.93. The van der Waals surface area contributed by atoms with Crippen LogP contribution in [-0.4, -0.2) is 18.3 Å². The van der Waals surface area contributed by atoms with Crippen molar-refractivity contribution in [2.45, 2.75) is 17.1 Å². The van der Waals surface area contributed by atoms with E-state index in [4.69, 9.17) is 0 Å².